The van der Waals surface area contributed by atoms with Crippen molar-refractivity contribution in [1.29, 1.82) is 0 Å². The van der Waals surface area contributed by atoms with Crippen LogP contribution in [0, 0.1) is 12.8 Å². The molecule has 1 aromatic carbocycles. The molecule has 1 aliphatic heterocycles. The fourth-order valence-electron chi connectivity index (χ4n) is 3.43. The Hall–Kier alpha value is -1.56. The van der Waals surface area contributed by atoms with Gasteiger partial charge in [-0.15, -0.1) is 12.4 Å². The summed E-state index contributed by atoms with van der Waals surface area (Å²) in [6.07, 6.45) is 4.99. The second-order valence-corrected chi connectivity index (χ2v) is 7.04. The molecule has 7 heteroatoms. The minimum absolute atomic E-state index is 0. The number of halogens is 2. The molecule has 26 heavy (non-hydrogen) atoms. The largest absolute Gasteiger partial charge is 0.339 e. The van der Waals surface area contributed by atoms with Crippen molar-refractivity contribution in [3.05, 3.63) is 46.7 Å². The highest BCUT2D eigenvalue weighted by molar-refractivity contribution is 6.32. The first kappa shape index (κ1) is 20.7. The molecule has 0 aliphatic carbocycles. The van der Waals surface area contributed by atoms with Gasteiger partial charge in [-0.25, -0.2) is 4.68 Å². The van der Waals surface area contributed by atoms with Crippen LogP contribution in [0.25, 0.3) is 5.69 Å². The number of benzene rings is 1. The number of aromatic nitrogens is 2. The second-order valence-electron chi connectivity index (χ2n) is 6.63. The minimum atomic E-state index is 0. The number of para-hydroxylation sites is 1. The normalized spacial score (nSPS) is 15.0. The standard InChI is InChI=1S/C19H25ClN4O.ClH/c1-14-16(13-22-24(14)18-6-4-3-5-17(18)20)19(25)23-11-8-15(9-12-23)7-10-21-2;/h3-6,13,15,21H,7-12H2,1-2H3;1H. The number of hydrogen-bond donors (Lipinski definition) is 1. The van der Waals surface area contributed by atoms with Crippen LogP contribution in [0.3, 0.4) is 0 Å². The van der Waals surface area contributed by atoms with E-state index in [9.17, 15) is 4.79 Å². The van der Waals surface area contributed by atoms with Crippen molar-refractivity contribution in [1.82, 2.24) is 20.0 Å². The van der Waals surface area contributed by atoms with Gasteiger partial charge in [-0.3, -0.25) is 4.79 Å². The van der Waals surface area contributed by atoms with Crippen molar-refractivity contribution in [2.24, 2.45) is 5.92 Å². The van der Waals surface area contributed by atoms with Crippen LogP contribution in [0.5, 0.6) is 0 Å². The Morgan fingerprint density at radius 2 is 2.00 bits per heavy atom. The monoisotopic (exact) mass is 396 g/mol. The fourth-order valence-corrected chi connectivity index (χ4v) is 3.65. The molecule has 1 aromatic heterocycles. The molecule has 1 amide bonds. The molecule has 142 valence electrons. The smallest absolute Gasteiger partial charge is 0.257 e. The summed E-state index contributed by atoms with van der Waals surface area (Å²) in [6, 6.07) is 7.54. The molecule has 5 nitrogen and oxygen atoms in total. The van der Waals surface area contributed by atoms with E-state index in [0.29, 0.717) is 16.5 Å². The van der Waals surface area contributed by atoms with Crippen LogP contribution < -0.4 is 5.32 Å². The fraction of sp³-hybridized carbons (Fsp3) is 0.474. The van der Waals surface area contributed by atoms with Gasteiger partial charge in [0.05, 0.1) is 28.2 Å². The Morgan fingerprint density at radius 3 is 2.65 bits per heavy atom. The highest BCUT2D eigenvalue weighted by Gasteiger charge is 2.26. The van der Waals surface area contributed by atoms with Gasteiger partial charge in [0.25, 0.3) is 5.91 Å². The van der Waals surface area contributed by atoms with E-state index in [2.05, 4.69) is 10.4 Å². The number of amides is 1. The van der Waals surface area contributed by atoms with Gasteiger partial charge < -0.3 is 10.2 Å². The molecule has 0 bridgehead atoms. The Kier molecular flexibility index (Phi) is 7.50. The highest BCUT2D eigenvalue weighted by atomic mass is 35.5. The summed E-state index contributed by atoms with van der Waals surface area (Å²) in [6.45, 7) is 4.61. The molecule has 1 fully saturated rings. The van der Waals surface area contributed by atoms with Crippen molar-refractivity contribution >= 4 is 29.9 Å². The Bertz CT molecular complexity index is 739. The molecule has 1 N–H and O–H groups in total. The Labute approximate surface area is 166 Å². The zero-order valence-corrected chi connectivity index (χ0v) is 16.8. The van der Waals surface area contributed by atoms with Crippen molar-refractivity contribution in [3.8, 4) is 5.69 Å². The predicted molar refractivity (Wildman–Crippen MR) is 108 cm³/mol. The summed E-state index contributed by atoms with van der Waals surface area (Å²) in [5, 5.41) is 8.22. The SMILES string of the molecule is CNCCC1CCN(C(=O)c2cnn(-c3ccccc3Cl)c2C)CC1.Cl. The third-order valence-electron chi connectivity index (χ3n) is 5.03. The first-order valence-electron chi connectivity index (χ1n) is 8.85. The second kappa shape index (κ2) is 9.40. The molecule has 0 unspecified atom stereocenters. The summed E-state index contributed by atoms with van der Waals surface area (Å²) in [5.74, 6) is 0.784. The van der Waals surface area contributed by atoms with E-state index < -0.39 is 0 Å². The van der Waals surface area contributed by atoms with Gasteiger partial charge in [0, 0.05) is 13.1 Å². The van der Waals surface area contributed by atoms with Crippen LogP contribution in [0.15, 0.2) is 30.5 Å². The van der Waals surface area contributed by atoms with Crippen LogP contribution in [0.1, 0.15) is 35.3 Å². The number of likely N-dealkylation sites (tertiary alicyclic amines) is 1. The molecule has 0 spiro atoms. The van der Waals surface area contributed by atoms with Gasteiger partial charge >= 0.3 is 0 Å². The lowest BCUT2D eigenvalue weighted by atomic mass is 9.93. The van der Waals surface area contributed by atoms with Crippen LogP contribution >= 0.6 is 24.0 Å². The quantitative estimate of drug-likeness (QED) is 0.837. The summed E-state index contributed by atoms with van der Waals surface area (Å²) in [4.78, 5) is 14.9. The Balaban J connectivity index is 0.00000243. The average Bonchev–Trinajstić information content (AvgIpc) is 3.01. The van der Waals surface area contributed by atoms with E-state index in [1.54, 1.807) is 10.9 Å². The summed E-state index contributed by atoms with van der Waals surface area (Å²) < 4.78 is 1.75. The topological polar surface area (TPSA) is 50.2 Å². The number of rotatable bonds is 5. The summed E-state index contributed by atoms with van der Waals surface area (Å²) >= 11 is 6.26. The van der Waals surface area contributed by atoms with E-state index in [-0.39, 0.29) is 18.3 Å². The van der Waals surface area contributed by atoms with Crippen LogP contribution in [0.2, 0.25) is 5.02 Å². The lowest BCUT2D eigenvalue weighted by molar-refractivity contribution is 0.0686. The number of piperidine rings is 1. The maximum atomic E-state index is 12.9. The molecule has 3 rings (SSSR count). The van der Waals surface area contributed by atoms with Gasteiger partial charge in [-0.1, -0.05) is 23.7 Å². The molecule has 1 saturated heterocycles. The van der Waals surface area contributed by atoms with Gasteiger partial charge in [0.15, 0.2) is 0 Å². The predicted octanol–water partition coefficient (Wildman–Crippen LogP) is 3.72. The maximum Gasteiger partial charge on any atom is 0.257 e. The molecular weight excluding hydrogens is 371 g/mol. The number of nitrogens with one attached hydrogen (secondary N) is 1. The average molecular weight is 397 g/mol. The number of hydrogen-bond acceptors (Lipinski definition) is 3. The first-order valence-corrected chi connectivity index (χ1v) is 9.23. The Morgan fingerprint density at radius 1 is 1.31 bits per heavy atom. The molecule has 0 saturated carbocycles. The van der Waals surface area contributed by atoms with E-state index in [0.717, 1.165) is 43.9 Å². The van der Waals surface area contributed by atoms with Crippen LogP contribution in [-0.4, -0.2) is 47.3 Å². The van der Waals surface area contributed by atoms with Gasteiger partial charge in [0.2, 0.25) is 0 Å². The molecule has 2 aromatic rings. The molecule has 0 radical (unpaired) electrons. The molecule has 0 atom stereocenters. The van der Waals surface area contributed by atoms with E-state index in [1.165, 1.54) is 6.42 Å². The number of carbonyl (C=O) groups excluding carboxylic acids is 1. The van der Waals surface area contributed by atoms with Crippen LogP contribution in [0.4, 0.5) is 0 Å². The van der Waals surface area contributed by atoms with Crippen LogP contribution in [-0.2, 0) is 0 Å². The van der Waals surface area contributed by atoms with E-state index in [4.69, 9.17) is 11.6 Å². The van der Waals surface area contributed by atoms with Crippen molar-refractivity contribution in [2.45, 2.75) is 26.2 Å². The molecule has 1 aliphatic rings. The number of nitrogens with zero attached hydrogens (tertiary/aromatic N) is 3. The maximum absolute atomic E-state index is 12.9. The van der Waals surface area contributed by atoms with Crippen molar-refractivity contribution in [3.63, 3.8) is 0 Å². The first-order chi connectivity index (χ1) is 12.1. The minimum Gasteiger partial charge on any atom is -0.339 e. The molecule has 2 heterocycles. The van der Waals surface area contributed by atoms with Gasteiger partial charge in [-0.05, 0) is 57.8 Å². The van der Waals surface area contributed by atoms with E-state index in [1.807, 2.05) is 43.1 Å². The summed E-state index contributed by atoms with van der Waals surface area (Å²) in [5.41, 5.74) is 2.29. The van der Waals surface area contributed by atoms with Crippen molar-refractivity contribution < 1.29 is 4.79 Å². The lowest BCUT2D eigenvalue weighted by Crippen LogP contribution is -2.39. The third-order valence-corrected chi connectivity index (χ3v) is 5.34. The van der Waals surface area contributed by atoms with Gasteiger partial charge in [0.1, 0.15) is 0 Å². The zero-order valence-electron chi connectivity index (χ0n) is 15.2. The summed E-state index contributed by atoms with van der Waals surface area (Å²) in [7, 11) is 1.98. The van der Waals surface area contributed by atoms with Gasteiger partial charge in [-0.2, -0.15) is 5.10 Å². The zero-order chi connectivity index (χ0) is 17.8. The lowest BCUT2D eigenvalue weighted by Gasteiger charge is -2.32. The highest BCUT2D eigenvalue weighted by Crippen LogP contribution is 2.25. The third kappa shape index (κ3) is 4.40. The molecular formula is C19H26Cl2N4O. The van der Waals surface area contributed by atoms with Crippen molar-refractivity contribution in [2.75, 3.05) is 26.7 Å². The number of carbonyl (C=O) groups is 1. The van der Waals surface area contributed by atoms with E-state index >= 15 is 0 Å².